The Kier molecular flexibility index (Phi) is 4.71. The maximum Gasteiger partial charge on any atom is 0.164 e. The van der Waals surface area contributed by atoms with Crippen molar-refractivity contribution in [2.75, 3.05) is 5.06 Å². The molecule has 212 valence electrons. The molecule has 0 spiro atoms. The van der Waals surface area contributed by atoms with E-state index in [1.807, 2.05) is 24.3 Å². The van der Waals surface area contributed by atoms with Gasteiger partial charge in [0.25, 0.3) is 0 Å². The van der Waals surface area contributed by atoms with Crippen LogP contribution in [0.15, 0.2) is 98.8 Å². The maximum atomic E-state index is 11.7. The quantitative estimate of drug-likeness (QED) is 0.130. The Bertz CT molecular complexity index is 2570. The molecule has 0 saturated heterocycles. The number of phenolic OH excluding ortho intramolecular Hbond substituents is 3. The number of aliphatic imine (C=N–C) groups is 2. The summed E-state index contributed by atoms with van der Waals surface area (Å²) in [6.07, 6.45) is 0. The number of phenols is 3. The molecule has 0 atom stereocenters. The third kappa shape index (κ3) is 3.42. The van der Waals surface area contributed by atoms with Gasteiger partial charge in [0.05, 0.1) is 0 Å². The second-order valence-corrected chi connectivity index (χ2v) is 10.6. The standard InChI is InChI=1S/C32H20N8O4/c41-14-6-9-19-22(11-14)28-33-25-18-8-5-15(42)12-23(18)29(34-25)37-27-17-3-1-2-4-20(17)31(38-27)40(44)32-21-10-7-16(43)13-24(21)30(39-32)36-26(19)35-28/h1-13,38-39,41-44H,(H,33,34,35,36,37). The van der Waals surface area contributed by atoms with E-state index >= 15 is 0 Å². The number of rotatable bonds is 0. The first kappa shape index (κ1) is 24.2. The maximum absolute atomic E-state index is 11.7. The molecule has 44 heavy (non-hydrogen) atoms. The fraction of sp³-hybridized carbons (Fsp3) is 0. The molecule has 4 aromatic carbocycles. The summed E-state index contributed by atoms with van der Waals surface area (Å²) in [5, 5.41) is 47.7. The van der Waals surface area contributed by atoms with Crippen LogP contribution in [0.2, 0.25) is 0 Å². The van der Waals surface area contributed by atoms with Crippen molar-refractivity contribution in [3.05, 3.63) is 101 Å². The summed E-state index contributed by atoms with van der Waals surface area (Å²) in [7, 11) is 0. The van der Waals surface area contributed by atoms with Crippen LogP contribution in [0.4, 0.5) is 23.3 Å². The highest BCUT2D eigenvalue weighted by Gasteiger charge is 2.26. The lowest BCUT2D eigenvalue weighted by molar-refractivity contribution is 0.297. The van der Waals surface area contributed by atoms with Crippen molar-refractivity contribution in [1.82, 2.24) is 15.0 Å². The van der Waals surface area contributed by atoms with E-state index in [-0.39, 0.29) is 17.2 Å². The lowest BCUT2D eigenvalue weighted by atomic mass is 10.1. The third-order valence-corrected chi connectivity index (χ3v) is 7.95. The van der Waals surface area contributed by atoms with E-state index in [2.05, 4.69) is 15.0 Å². The first-order valence-electron chi connectivity index (χ1n) is 13.6. The summed E-state index contributed by atoms with van der Waals surface area (Å²) in [5.74, 6) is 2.22. The van der Waals surface area contributed by atoms with Gasteiger partial charge >= 0.3 is 0 Å². The van der Waals surface area contributed by atoms with E-state index < -0.39 is 0 Å². The molecule has 9 rings (SSSR count). The van der Waals surface area contributed by atoms with E-state index in [1.165, 1.54) is 6.07 Å². The van der Waals surface area contributed by atoms with Gasteiger partial charge in [-0.3, -0.25) is 5.21 Å². The predicted octanol–water partition coefficient (Wildman–Crippen LogP) is 5.20. The zero-order valence-corrected chi connectivity index (χ0v) is 22.5. The highest BCUT2D eigenvalue weighted by Crippen LogP contribution is 2.42. The minimum Gasteiger partial charge on any atom is -0.508 e. The summed E-state index contributed by atoms with van der Waals surface area (Å²) in [6.45, 7) is 0. The van der Waals surface area contributed by atoms with Gasteiger partial charge in [0.1, 0.15) is 51.5 Å². The number of H-pyrrole nitrogens is 3. The monoisotopic (exact) mass is 580 g/mol. The van der Waals surface area contributed by atoms with Gasteiger partial charge < -0.3 is 30.3 Å². The third-order valence-electron chi connectivity index (χ3n) is 7.95. The van der Waals surface area contributed by atoms with Crippen molar-refractivity contribution in [1.29, 1.82) is 0 Å². The first-order chi connectivity index (χ1) is 21.4. The molecule has 5 heterocycles. The number of nitrogens with zero attached hydrogens (tertiary/aromatic N) is 5. The minimum absolute atomic E-state index is 0.0300. The topological polar surface area (TPSA) is 181 Å². The SMILES string of the molecule is Oc1ccc2c(c1)C1=NC2=Nc2[nH]c(c3ccc(O)cc23)N(O)c2[nH]c(c3ccccc23)/N=c2\[nH]c(c3ccc(O)cc23)=N1. The second-order valence-electron chi connectivity index (χ2n) is 10.6. The van der Waals surface area contributed by atoms with Crippen LogP contribution < -0.4 is 16.0 Å². The molecule has 0 saturated carbocycles. The zero-order chi connectivity index (χ0) is 29.7. The Morgan fingerprint density at radius 1 is 0.477 bits per heavy atom. The Morgan fingerprint density at radius 2 is 1.07 bits per heavy atom. The number of benzene rings is 4. The van der Waals surface area contributed by atoms with Gasteiger partial charge in [-0.2, -0.15) is 5.06 Å². The fourth-order valence-corrected chi connectivity index (χ4v) is 5.93. The largest absolute Gasteiger partial charge is 0.508 e. The van der Waals surface area contributed by atoms with Crippen LogP contribution in [0.25, 0.3) is 32.3 Å². The van der Waals surface area contributed by atoms with Crippen LogP contribution in [0.3, 0.4) is 0 Å². The molecule has 7 N–H and O–H groups in total. The number of aromatic nitrogens is 3. The number of amidine groups is 2. The van der Waals surface area contributed by atoms with E-state index in [4.69, 9.17) is 20.0 Å². The number of fused-ring (bicyclic) bond motifs is 19. The number of anilines is 2. The number of hydrogen-bond donors (Lipinski definition) is 7. The van der Waals surface area contributed by atoms with E-state index in [0.717, 1.165) is 10.4 Å². The number of aromatic amines is 3. The van der Waals surface area contributed by atoms with Gasteiger partial charge in [-0.25, -0.2) is 20.0 Å². The molecular weight excluding hydrogens is 560 g/mol. The lowest BCUT2D eigenvalue weighted by Crippen LogP contribution is -2.13. The summed E-state index contributed by atoms with van der Waals surface area (Å²) in [4.78, 5) is 29.1. The van der Waals surface area contributed by atoms with E-state index in [9.17, 15) is 20.5 Å². The van der Waals surface area contributed by atoms with Gasteiger partial charge in [-0.05, 0) is 54.6 Å². The van der Waals surface area contributed by atoms with Crippen molar-refractivity contribution >= 4 is 67.3 Å². The van der Waals surface area contributed by atoms with Gasteiger partial charge in [0, 0.05) is 43.4 Å². The molecule has 12 nitrogen and oxygen atoms in total. The van der Waals surface area contributed by atoms with Gasteiger partial charge in [0.2, 0.25) is 0 Å². The molecule has 0 fully saturated rings. The number of hydrogen-bond acceptors (Lipinski definition) is 9. The summed E-state index contributed by atoms with van der Waals surface area (Å²) >= 11 is 0. The normalized spacial score (nSPS) is 14.8. The molecular formula is C32H20N8O4. The summed E-state index contributed by atoms with van der Waals surface area (Å²) in [6, 6.07) is 22.0. The van der Waals surface area contributed by atoms with Crippen LogP contribution in [0.5, 0.6) is 17.2 Å². The molecule has 0 unspecified atom stereocenters. The second kappa shape index (κ2) is 8.56. The van der Waals surface area contributed by atoms with Crippen LogP contribution >= 0.6 is 0 Å². The Morgan fingerprint density at radius 3 is 1.86 bits per heavy atom. The van der Waals surface area contributed by atoms with Gasteiger partial charge in [-0.1, -0.05) is 24.3 Å². The van der Waals surface area contributed by atoms with Gasteiger partial charge in [-0.15, -0.1) is 0 Å². The fourth-order valence-electron chi connectivity index (χ4n) is 5.93. The first-order valence-corrected chi connectivity index (χ1v) is 13.6. The van der Waals surface area contributed by atoms with Crippen molar-refractivity contribution < 1.29 is 20.5 Å². The molecule has 2 aliphatic heterocycles. The van der Waals surface area contributed by atoms with Crippen LogP contribution in [0.1, 0.15) is 11.1 Å². The molecule has 12 heteroatoms. The lowest BCUT2D eigenvalue weighted by Gasteiger charge is -2.14. The van der Waals surface area contributed by atoms with Crippen molar-refractivity contribution in [2.24, 2.45) is 20.0 Å². The predicted molar refractivity (Wildman–Crippen MR) is 165 cm³/mol. The molecule has 7 aromatic rings. The van der Waals surface area contributed by atoms with Crippen molar-refractivity contribution in [3.63, 3.8) is 0 Å². The Labute approximate surface area is 245 Å². The highest BCUT2D eigenvalue weighted by molar-refractivity contribution is 6.24. The Hall–Kier alpha value is -6.40. The molecule has 0 amide bonds. The number of nitrogens with one attached hydrogen (secondary N) is 3. The van der Waals surface area contributed by atoms with Crippen molar-refractivity contribution in [3.8, 4) is 17.2 Å². The Balaban J connectivity index is 1.45. The summed E-state index contributed by atoms with van der Waals surface area (Å²) < 4.78 is 0. The molecule has 0 radical (unpaired) electrons. The van der Waals surface area contributed by atoms with Crippen LogP contribution in [0, 0.1) is 0 Å². The zero-order valence-electron chi connectivity index (χ0n) is 22.5. The highest BCUT2D eigenvalue weighted by atomic mass is 16.5. The summed E-state index contributed by atoms with van der Waals surface area (Å²) in [5.41, 5.74) is 2.07. The average molecular weight is 581 g/mol. The molecule has 8 bridgehead atoms. The van der Waals surface area contributed by atoms with Crippen molar-refractivity contribution in [2.45, 2.75) is 0 Å². The minimum atomic E-state index is 0.0300. The van der Waals surface area contributed by atoms with Gasteiger partial charge in [0.15, 0.2) is 11.7 Å². The van der Waals surface area contributed by atoms with E-state index in [1.54, 1.807) is 48.5 Å². The smallest absolute Gasteiger partial charge is 0.164 e. The van der Waals surface area contributed by atoms with E-state index in [0.29, 0.717) is 84.0 Å². The number of aromatic hydroxyl groups is 3. The molecule has 0 aliphatic carbocycles. The van der Waals surface area contributed by atoms with Crippen LogP contribution in [-0.4, -0.2) is 47.2 Å². The van der Waals surface area contributed by atoms with Crippen LogP contribution in [-0.2, 0) is 0 Å². The molecule has 2 aliphatic rings. The average Bonchev–Trinajstić information content (AvgIpc) is 3.75. The molecule has 3 aromatic heterocycles.